The van der Waals surface area contributed by atoms with Crippen molar-refractivity contribution in [3.63, 3.8) is 0 Å². The van der Waals surface area contributed by atoms with Crippen molar-refractivity contribution >= 4 is 5.91 Å². The van der Waals surface area contributed by atoms with Crippen LogP contribution < -0.4 is 11.2 Å². The number of aromatic nitrogens is 3. The van der Waals surface area contributed by atoms with Gasteiger partial charge in [0.1, 0.15) is 5.56 Å². The first-order chi connectivity index (χ1) is 13.1. The fraction of sp³-hybridized carbons (Fsp3) is 0.200. The van der Waals surface area contributed by atoms with E-state index in [9.17, 15) is 14.4 Å². The molecule has 0 radical (unpaired) electrons. The van der Waals surface area contributed by atoms with E-state index in [-0.39, 0.29) is 12.1 Å². The van der Waals surface area contributed by atoms with E-state index in [1.807, 2.05) is 37.3 Å². The van der Waals surface area contributed by atoms with Gasteiger partial charge in [0.15, 0.2) is 0 Å². The summed E-state index contributed by atoms with van der Waals surface area (Å²) in [4.78, 5) is 46.0. The van der Waals surface area contributed by atoms with Crippen LogP contribution >= 0.6 is 0 Å². The number of nitrogens with zero attached hydrogens (tertiary/aromatic N) is 3. The number of carbonyl (C=O) groups is 1. The van der Waals surface area contributed by atoms with Crippen LogP contribution in [0.1, 0.15) is 28.5 Å². The summed E-state index contributed by atoms with van der Waals surface area (Å²) >= 11 is 0. The van der Waals surface area contributed by atoms with Crippen molar-refractivity contribution in [1.82, 2.24) is 19.4 Å². The van der Waals surface area contributed by atoms with Crippen molar-refractivity contribution in [2.45, 2.75) is 20.0 Å². The van der Waals surface area contributed by atoms with Gasteiger partial charge < -0.3 is 9.88 Å². The number of aromatic amines is 1. The first-order valence-corrected chi connectivity index (χ1v) is 8.65. The number of hydrogen-bond acceptors (Lipinski definition) is 4. The van der Waals surface area contributed by atoms with Crippen LogP contribution in [0.4, 0.5) is 0 Å². The highest BCUT2D eigenvalue weighted by Crippen LogP contribution is 2.07. The molecule has 0 fully saturated rings. The summed E-state index contributed by atoms with van der Waals surface area (Å²) in [6, 6.07) is 14.8. The van der Waals surface area contributed by atoms with Gasteiger partial charge in [-0.25, -0.2) is 4.79 Å². The number of carbonyl (C=O) groups excluding carboxylic acids is 1. The number of benzene rings is 1. The maximum atomic E-state index is 12.9. The van der Waals surface area contributed by atoms with Gasteiger partial charge >= 0.3 is 5.69 Å². The highest BCUT2D eigenvalue weighted by atomic mass is 16.2. The van der Waals surface area contributed by atoms with Crippen LogP contribution in [0.3, 0.4) is 0 Å². The summed E-state index contributed by atoms with van der Waals surface area (Å²) in [5, 5.41) is 0. The minimum atomic E-state index is -0.624. The van der Waals surface area contributed by atoms with Gasteiger partial charge in [0, 0.05) is 25.5 Å². The Labute approximate surface area is 155 Å². The average Bonchev–Trinajstić information content (AvgIpc) is 2.70. The molecule has 1 amide bonds. The second-order valence-electron chi connectivity index (χ2n) is 6.02. The lowest BCUT2D eigenvalue weighted by atomic mass is 10.2. The van der Waals surface area contributed by atoms with Gasteiger partial charge in [0.25, 0.3) is 11.5 Å². The second kappa shape index (κ2) is 8.27. The largest absolute Gasteiger partial charge is 0.334 e. The molecule has 0 spiro atoms. The van der Waals surface area contributed by atoms with E-state index in [2.05, 4.69) is 9.97 Å². The Kier molecular flexibility index (Phi) is 5.61. The molecule has 3 rings (SSSR count). The number of amides is 1. The molecule has 3 aromatic rings. The van der Waals surface area contributed by atoms with Gasteiger partial charge in [-0.3, -0.25) is 19.1 Å². The van der Waals surface area contributed by atoms with Gasteiger partial charge in [0.2, 0.25) is 0 Å². The fourth-order valence-electron chi connectivity index (χ4n) is 2.76. The molecular formula is C20H20N4O3. The number of nitrogens with one attached hydrogen (secondary N) is 1. The third kappa shape index (κ3) is 4.20. The maximum absolute atomic E-state index is 12.9. The first-order valence-electron chi connectivity index (χ1n) is 8.65. The van der Waals surface area contributed by atoms with E-state index in [1.54, 1.807) is 29.3 Å². The highest BCUT2D eigenvalue weighted by Gasteiger charge is 2.20. The third-order valence-corrected chi connectivity index (χ3v) is 4.22. The molecule has 0 saturated carbocycles. The molecule has 1 N–H and O–H groups in total. The van der Waals surface area contributed by atoms with Crippen LogP contribution in [-0.4, -0.2) is 31.9 Å². The molecule has 0 atom stereocenters. The molecular weight excluding hydrogens is 344 g/mol. The summed E-state index contributed by atoms with van der Waals surface area (Å²) < 4.78 is 0.992. The highest BCUT2D eigenvalue weighted by molar-refractivity contribution is 5.93. The van der Waals surface area contributed by atoms with Crippen LogP contribution in [0.2, 0.25) is 0 Å². The molecule has 7 nitrogen and oxygen atoms in total. The lowest BCUT2D eigenvalue weighted by molar-refractivity contribution is 0.0749. The Balaban J connectivity index is 1.91. The topological polar surface area (TPSA) is 88.1 Å². The van der Waals surface area contributed by atoms with E-state index < -0.39 is 17.2 Å². The van der Waals surface area contributed by atoms with E-state index in [0.717, 1.165) is 10.1 Å². The molecule has 0 aliphatic heterocycles. The third-order valence-electron chi connectivity index (χ3n) is 4.22. The number of hydrogen-bond donors (Lipinski definition) is 1. The zero-order valence-corrected chi connectivity index (χ0v) is 15.0. The molecule has 2 aromatic heterocycles. The zero-order chi connectivity index (χ0) is 19.2. The van der Waals surface area contributed by atoms with Crippen molar-refractivity contribution in [2.24, 2.45) is 0 Å². The number of rotatable bonds is 6. The van der Waals surface area contributed by atoms with E-state index >= 15 is 0 Å². The molecule has 0 aliphatic rings. The predicted molar refractivity (Wildman–Crippen MR) is 102 cm³/mol. The Morgan fingerprint density at radius 3 is 2.52 bits per heavy atom. The first kappa shape index (κ1) is 18.3. The van der Waals surface area contributed by atoms with Gasteiger partial charge in [-0.2, -0.15) is 0 Å². The van der Waals surface area contributed by atoms with Crippen molar-refractivity contribution in [1.29, 1.82) is 0 Å². The Hall–Kier alpha value is -3.48. The molecule has 0 saturated heterocycles. The van der Waals surface area contributed by atoms with Gasteiger partial charge in [0.05, 0.1) is 12.2 Å². The molecule has 2 heterocycles. The van der Waals surface area contributed by atoms with Crippen LogP contribution in [0, 0.1) is 0 Å². The van der Waals surface area contributed by atoms with Crippen molar-refractivity contribution < 1.29 is 4.79 Å². The summed E-state index contributed by atoms with van der Waals surface area (Å²) in [7, 11) is 0. The van der Waals surface area contributed by atoms with Crippen LogP contribution in [0.15, 0.2) is 70.5 Å². The molecule has 27 heavy (non-hydrogen) atoms. The number of pyridine rings is 1. The lowest BCUT2D eigenvalue weighted by Crippen LogP contribution is -2.42. The summed E-state index contributed by atoms with van der Waals surface area (Å²) in [6.45, 7) is 2.67. The molecule has 7 heteroatoms. The van der Waals surface area contributed by atoms with Crippen molar-refractivity contribution in [3.8, 4) is 0 Å². The zero-order valence-electron chi connectivity index (χ0n) is 15.0. The normalized spacial score (nSPS) is 10.6. The maximum Gasteiger partial charge on any atom is 0.328 e. The molecule has 0 bridgehead atoms. The van der Waals surface area contributed by atoms with Gasteiger partial charge in [-0.15, -0.1) is 0 Å². The lowest BCUT2D eigenvalue weighted by Gasteiger charge is -2.21. The monoisotopic (exact) mass is 364 g/mol. The average molecular weight is 364 g/mol. The van der Waals surface area contributed by atoms with Crippen molar-refractivity contribution in [2.75, 3.05) is 6.54 Å². The summed E-state index contributed by atoms with van der Waals surface area (Å²) in [6.07, 6.45) is 2.78. The standard InChI is InChI=1S/C20H20N4O3/c1-2-23(13-15-8-4-3-5-9-15)18(25)17-12-22-20(27)24(19(17)26)14-16-10-6-7-11-21-16/h3-12H,2,13-14H2,1H3,(H,22,27). The summed E-state index contributed by atoms with van der Waals surface area (Å²) in [5.41, 5.74) is 0.259. The van der Waals surface area contributed by atoms with Crippen LogP contribution in [-0.2, 0) is 13.1 Å². The van der Waals surface area contributed by atoms with E-state index in [0.29, 0.717) is 18.8 Å². The molecule has 138 valence electrons. The van der Waals surface area contributed by atoms with E-state index in [1.165, 1.54) is 6.20 Å². The number of H-pyrrole nitrogens is 1. The van der Waals surface area contributed by atoms with Crippen LogP contribution in [0.25, 0.3) is 0 Å². The molecule has 0 unspecified atom stereocenters. The Bertz CT molecular complexity index is 1030. The Morgan fingerprint density at radius 1 is 1.11 bits per heavy atom. The molecule has 0 aliphatic carbocycles. The SMILES string of the molecule is CCN(Cc1ccccc1)C(=O)c1c[nH]c(=O)n(Cc2ccccn2)c1=O. The minimum Gasteiger partial charge on any atom is -0.334 e. The smallest absolute Gasteiger partial charge is 0.328 e. The fourth-order valence-corrected chi connectivity index (χ4v) is 2.76. The quantitative estimate of drug-likeness (QED) is 0.720. The summed E-state index contributed by atoms with van der Waals surface area (Å²) in [5.74, 6) is -0.419. The Morgan fingerprint density at radius 2 is 1.85 bits per heavy atom. The second-order valence-corrected chi connectivity index (χ2v) is 6.02. The van der Waals surface area contributed by atoms with Gasteiger partial charge in [-0.1, -0.05) is 36.4 Å². The molecule has 1 aromatic carbocycles. The van der Waals surface area contributed by atoms with Crippen molar-refractivity contribution in [3.05, 3.63) is 98.6 Å². The predicted octanol–water partition coefficient (Wildman–Crippen LogP) is 1.64. The van der Waals surface area contributed by atoms with Crippen LogP contribution in [0.5, 0.6) is 0 Å². The van der Waals surface area contributed by atoms with Gasteiger partial charge in [-0.05, 0) is 24.6 Å². The minimum absolute atomic E-state index is 0.000929. The van der Waals surface area contributed by atoms with E-state index in [4.69, 9.17) is 0 Å².